The minimum atomic E-state index is -3.58. The number of fused-ring (bicyclic) bond motifs is 1. The van der Waals surface area contributed by atoms with Gasteiger partial charge in [0.1, 0.15) is 0 Å². The third-order valence-corrected chi connectivity index (χ3v) is 9.31. The Bertz CT molecular complexity index is 1110. The van der Waals surface area contributed by atoms with Gasteiger partial charge in [-0.3, -0.25) is 4.79 Å². The van der Waals surface area contributed by atoms with Crippen molar-refractivity contribution in [3.05, 3.63) is 58.2 Å². The number of halogens is 2. The molecule has 5 rings (SSSR count). The number of carbonyl (C=O) groups is 1. The Hall–Kier alpha value is -1.67. The first-order valence-electron chi connectivity index (χ1n) is 10.5. The molecule has 1 aliphatic heterocycles. The molecule has 1 aromatic carbocycles. The second-order valence-electron chi connectivity index (χ2n) is 8.89. The summed E-state index contributed by atoms with van der Waals surface area (Å²) >= 11 is 12.1. The first-order valence-corrected chi connectivity index (χ1v) is 12.7. The Morgan fingerprint density at radius 3 is 2.52 bits per heavy atom. The van der Waals surface area contributed by atoms with Crippen LogP contribution in [0.25, 0.3) is 0 Å². The van der Waals surface area contributed by atoms with Gasteiger partial charge in [0.15, 0.2) is 5.03 Å². The number of piperidine rings is 1. The zero-order chi connectivity index (χ0) is 21.8. The van der Waals surface area contributed by atoms with Crippen LogP contribution < -0.4 is 5.32 Å². The highest BCUT2D eigenvalue weighted by atomic mass is 35.5. The molecule has 0 radical (unpaired) electrons. The fourth-order valence-corrected chi connectivity index (χ4v) is 7.06. The lowest BCUT2D eigenvalue weighted by Gasteiger charge is -2.26. The van der Waals surface area contributed by atoms with E-state index in [-0.39, 0.29) is 28.2 Å². The van der Waals surface area contributed by atoms with Crippen LogP contribution in [0.15, 0.2) is 47.6 Å². The number of nitrogens with one attached hydrogen (secondary N) is 1. The van der Waals surface area contributed by atoms with Gasteiger partial charge in [-0.1, -0.05) is 42.1 Å². The monoisotopic (exact) mass is 479 g/mol. The molecular weight excluding hydrogens is 457 g/mol. The third kappa shape index (κ3) is 3.86. The lowest BCUT2D eigenvalue weighted by molar-refractivity contribution is 0.0937. The van der Waals surface area contributed by atoms with Crippen molar-refractivity contribution in [1.29, 1.82) is 0 Å². The van der Waals surface area contributed by atoms with Gasteiger partial charge in [0.2, 0.25) is 0 Å². The summed E-state index contributed by atoms with van der Waals surface area (Å²) in [5.74, 6) is 0.974. The molecule has 0 bridgehead atoms. The van der Waals surface area contributed by atoms with E-state index in [1.54, 1.807) is 34.6 Å². The molecule has 3 fully saturated rings. The molecule has 2 saturated carbocycles. The van der Waals surface area contributed by atoms with E-state index in [0.29, 0.717) is 41.2 Å². The number of benzene rings is 1. The fraction of sp³-hybridized carbons (Fsp3) is 0.455. The summed E-state index contributed by atoms with van der Waals surface area (Å²) in [6.07, 6.45) is 4.97. The molecular formula is C22H23Cl2N3O3S. The second kappa shape index (κ2) is 7.73. The molecule has 2 heterocycles. The molecule has 1 N–H and O–H groups in total. The summed E-state index contributed by atoms with van der Waals surface area (Å²) in [7, 11) is -3.58. The van der Waals surface area contributed by atoms with Gasteiger partial charge in [-0.25, -0.2) is 13.4 Å². The molecule has 2 unspecified atom stereocenters. The SMILES string of the molecule is O=C(NCC1(CC2CC2)C2CN(S(=O)(=O)c3ccccn3)CC21)c1ccc(Cl)cc1Cl. The first-order chi connectivity index (χ1) is 14.8. The summed E-state index contributed by atoms with van der Waals surface area (Å²) in [5, 5.41) is 3.96. The number of rotatable bonds is 7. The molecule has 31 heavy (non-hydrogen) atoms. The van der Waals surface area contributed by atoms with Crippen molar-refractivity contribution >= 4 is 39.1 Å². The van der Waals surface area contributed by atoms with E-state index in [1.807, 2.05) is 0 Å². The van der Waals surface area contributed by atoms with Crippen molar-refractivity contribution in [3.8, 4) is 0 Å². The predicted octanol–water partition coefficient (Wildman–Crippen LogP) is 3.86. The van der Waals surface area contributed by atoms with Gasteiger partial charge in [-0.05, 0) is 59.9 Å². The van der Waals surface area contributed by atoms with Crippen molar-refractivity contribution in [2.45, 2.75) is 24.3 Å². The molecule has 2 atom stereocenters. The number of sulfonamides is 1. The third-order valence-electron chi connectivity index (χ3n) is 7.02. The van der Waals surface area contributed by atoms with E-state index >= 15 is 0 Å². The van der Waals surface area contributed by atoms with Crippen molar-refractivity contribution in [2.24, 2.45) is 23.2 Å². The summed E-state index contributed by atoms with van der Waals surface area (Å²) in [6, 6.07) is 9.76. The average Bonchev–Trinajstić information content (AvgIpc) is 3.61. The number of hydrogen-bond donors (Lipinski definition) is 1. The van der Waals surface area contributed by atoms with E-state index in [1.165, 1.54) is 25.1 Å². The Morgan fingerprint density at radius 2 is 1.90 bits per heavy atom. The maximum Gasteiger partial charge on any atom is 0.260 e. The maximum atomic E-state index is 12.9. The summed E-state index contributed by atoms with van der Waals surface area (Å²) < 4.78 is 27.4. The first kappa shape index (κ1) is 21.2. The van der Waals surface area contributed by atoms with Gasteiger partial charge in [-0.15, -0.1) is 0 Å². The van der Waals surface area contributed by atoms with Crippen LogP contribution in [-0.2, 0) is 10.0 Å². The molecule has 6 nitrogen and oxygen atoms in total. The van der Waals surface area contributed by atoms with E-state index in [2.05, 4.69) is 10.3 Å². The van der Waals surface area contributed by atoms with Crippen LogP contribution in [0, 0.1) is 23.2 Å². The quantitative estimate of drug-likeness (QED) is 0.653. The topological polar surface area (TPSA) is 79.4 Å². The lowest BCUT2D eigenvalue weighted by Crippen LogP contribution is -2.39. The van der Waals surface area contributed by atoms with Gasteiger partial charge in [-0.2, -0.15) is 4.31 Å². The zero-order valence-electron chi connectivity index (χ0n) is 16.8. The predicted molar refractivity (Wildman–Crippen MR) is 119 cm³/mol. The molecule has 0 spiro atoms. The standard InChI is InChI=1S/C22H23Cl2N3O3S/c23-15-6-7-16(19(24)9-15)21(28)26-13-22(10-14-4-5-14)17-11-27(12-18(17)22)31(29,30)20-3-1-2-8-25-20/h1-3,6-9,14,17-18H,4-5,10-13H2,(H,26,28). The van der Waals surface area contributed by atoms with Crippen molar-refractivity contribution < 1.29 is 13.2 Å². The van der Waals surface area contributed by atoms with Crippen LogP contribution in [0.2, 0.25) is 10.0 Å². The van der Waals surface area contributed by atoms with Gasteiger partial charge in [0.05, 0.1) is 10.6 Å². The molecule has 2 aromatic rings. The number of aromatic nitrogens is 1. The molecule has 1 aromatic heterocycles. The average molecular weight is 480 g/mol. The van der Waals surface area contributed by atoms with Gasteiger partial charge in [0.25, 0.3) is 15.9 Å². The highest BCUT2D eigenvalue weighted by Gasteiger charge is 2.69. The van der Waals surface area contributed by atoms with E-state index in [9.17, 15) is 13.2 Å². The normalized spacial score (nSPS) is 27.7. The maximum absolute atomic E-state index is 12.9. The van der Waals surface area contributed by atoms with Crippen LogP contribution in [0.3, 0.4) is 0 Å². The van der Waals surface area contributed by atoms with E-state index in [4.69, 9.17) is 23.2 Å². The van der Waals surface area contributed by atoms with Crippen LogP contribution in [0.5, 0.6) is 0 Å². The number of nitrogens with zero attached hydrogens (tertiary/aromatic N) is 2. The molecule has 1 amide bonds. The van der Waals surface area contributed by atoms with Crippen molar-refractivity contribution in [2.75, 3.05) is 19.6 Å². The number of hydrogen-bond acceptors (Lipinski definition) is 4. The van der Waals surface area contributed by atoms with Gasteiger partial charge in [0, 0.05) is 30.9 Å². The molecule has 9 heteroatoms. The molecule has 164 valence electrons. The van der Waals surface area contributed by atoms with E-state index < -0.39 is 10.0 Å². The Kier molecular flexibility index (Phi) is 5.28. The summed E-state index contributed by atoms with van der Waals surface area (Å²) in [5.41, 5.74) is 0.365. The number of amides is 1. The van der Waals surface area contributed by atoms with Crippen LogP contribution in [0.4, 0.5) is 0 Å². The molecule has 3 aliphatic rings. The Labute approximate surface area is 192 Å². The number of carbonyl (C=O) groups excluding carboxylic acids is 1. The summed E-state index contributed by atoms with van der Waals surface area (Å²) in [4.78, 5) is 16.8. The van der Waals surface area contributed by atoms with Crippen molar-refractivity contribution in [1.82, 2.24) is 14.6 Å². The Morgan fingerprint density at radius 1 is 1.16 bits per heavy atom. The smallest absolute Gasteiger partial charge is 0.260 e. The van der Waals surface area contributed by atoms with Crippen molar-refractivity contribution in [3.63, 3.8) is 0 Å². The molecule has 1 saturated heterocycles. The number of pyridine rings is 1. The van der Waals surface area contributed by atoms with Crippen LogP contribution >= 0.6 is 23.2 Å². The van der Waals surface area contributed by atoms with Crippen LogP contribution in [0.1, 0.15) is 29.6 Å². The molecule has 2 aliphatic carbocycles. The van der Waals surface area contributed by atoms with E-state index in [0.717, 1.165) is 6.42 Å². The fourth-order valence-electron chi connectivity index (χ4n) is 5.14. The zero-order valence-corrected chi connectivity index (χ0v) is 19.1. The van der Waals surface area contributed by atoms with Gasteiger partial charge >= 0.3 is 0 Å². The largest absolute Gasteiger partial charge is 0.351 e. The van der Waals surface area contributed by atoms with Gasteiger partial charge < -0.3 is 5.32 Å². The van der Waals surface area contributed by atoms with Crippen LogP contribution in [-0.4, -0.2) is 43.2 Å². The highest BCUT2D eigenvalue weighted by molar-refractivity contribution is 7.89. The minimum absolute atomic E-state index is 0.0358. The minimum Gasteiger partial charge on any atom is -0.351 e. The lowest BCUT2D eigenvalue weighted by atomic mass is 9.92. The Balaban J connectivity index is 1.28. The highest BCUT2D eigenvalue weighted by Crippen LogP contribution is 2.67. The second-order valence-corrected chi connectivity index (χ2v) is 11.6. The summed E-state index contributed by atoms with van der Waals surface area (Å²) in [6.45, 7) is 1.50.